The third-order valence-electron chi connectivity index (χ3n) is 1.25. The zero-order valence-corrected chi connectivity index (χ0v) is 8.00. The van der Waals surface area contributed by atoms with Crippen LogP contribution in [0.4, 0.5) is 0 Å². The molecule has 0 rings (SSSR count). The summed E-state index contributed by atoms with van der Waals surface area (Å²) in [7, 11) is 0. The molecule has 0 bridgehead atoms. The van der Waals surface area contributed by atoms with Crippen LogP contribution in [0.1, 0.15) is 26.7 Å². The largest absolute Gasteiger partial charge is 0.462 e. The number of hydrogen-bond acceptors (Lipinski definition) is 3. The van der Waals surface area contributed by atoms with Crippen molar-refractivity contribution >= 4 is 11.9 Å². The van der Waals surface area contributed by atoms with E-state index in [0.29, 0.717) is 6.61 Å². The molecular weight excluding hydrogens is 170 g/mol. The highest BCUT2D eigenvalue weighted by molar-refractivity contribution is 5.83. The molecule has 0 atom stereocenters. The lowest BCUT2D eigenvalue weighted by molar-refractivity contribution is -0.137. The fourth-order valence-corrected chi connectivity index (χ4v) is 0.592. The molecule has 74 valence electrons. The number of esters is 1. The van der Waals surface area contributed by atoms with Gasteiger partial charge in [-0.15, -0.1) is 0 Å². The molecule has 0 aromatic carbocycles. The lowest BCUT2D eigenvalue weighted by atomic mass is 10.4. The second-order valence-electron chi connectivity index (χ2n) is 2.55. The lowest BCUT2D eigenvalue weighted by Gasteiger charge is -1.98. The van der Waals surface area contributed by atoms with E-state index in [0.717, 1.165) is 12.8 Å². The smallest absolute Gasteiger partial charge is 0.332 e. The number of ether oxygens (including phenoxy) is 1. The predicted molar refractivity (Wildman–Crippen MR) is 48.8 cm³/mol. The molecule has 4 heteroatoms. The Balaban J connectivity index is 3.49. The Hall–Kier alpha value is -1.32. The first-order valence-electron chi connectivity index (χ1n) is 4.27. The maximum Gasteiger partial charge on any atom is 0.332 e. The number of hydrogen-bond donors (Lipinski definition) is 1. The SMILES string of the molecule is CCCCOC(=O)/C=C/NC(C)=O. The molecule has 0 spiro atoms. The Morgan fingerprint density at radius 3 is 2.69 bits per heavy atom. The maximum atomic E-state index is 10.8. The van der Waals surface area contributed by atoms with E-state index in [4.69, 9.17) is 4.74 Å². The van der Waals surface area contributed by atoms with Crippen LogP contribution in [0.25, 0.3) is 0 Å². The number of rotatable bonds is 5. The van der Waals surface area contributed by atoms with E-state index in [-0.39, 0.29) is 5.91 Å². The molecule has 1 amide bonds. The van der Waals surface area contributed by atoms with Gasteiger partial charge in [0.05, 0.1) is 6.61 Å². The van der Waals surface area contributed by atoms with Crippen molar-refractivity contribution in [3.05, 3.63) is 12.3 Å². The number of carbonyl (C=O) groups is 2. The molecule has 0 heterocycles. The fraction of sp³-hybridized carbons (Fsp3) is 0.556. The first-order chi connectivity index (χ1) is 6.16. The molecule has 1 N–H and O–H groups in total. The monoisotopic (exact) mass is 185 g/mol. The molecular formula is C9H15NO3. The van der Waals surface area contributed by atoms with E-state index in [1.807, 2.05) is 6.92 Å². The van der Waals surface area contributed by atoms with Gasteiger partial charge in [-0.05, 0) is 6.42 Å². The van der Waals surface area contributed by atoms with Crippen molar-refractivity contribution < 1.29 is 14.3 Å². The maximum absolute atomic E-state index is 10.8. The van der Waals surface area contributed by atoms with Gasteiger partial charge < -0.3 is 10.1 Å². The van der Waals surface area contributed by atoms with Crippen LogP contribution in [-0.2, 0) is 14.3 Å². The highest BCUT2D eigenvalue weighted by Crippen LogP contribution is 1.88. The third-order valence-corrected chi connectivity index (χ3v) is 1.25. The van der Waals surface area contributed by atoms with Gasteiger partial charge in [0.15, 0.2) is 0 Å². The number of amides is 1. The van der Waals surface area contributed by atoms with Crippen LogP contribution in [0, 0.1) is 0 Å². The van der Waals surface area contributed by atoms with Gasteiger partial charge in [-0.25, -0.2) is 4.79 Å². The van der Waals surface area contributed by atoms with E-state index >= 15 is 0 Å². The topological polar surface area (TPSA) is 55.4 Å². The second-order valence-corrected chi connectivity index (χ2v) is 2.55. The van der Waals surface area contributed by atoms with Gasteiger partial charge in [-0.3, -0.25) is 4.79 Å². The van der Waals surface area contributed by atoms with Crippen LogP contribution in [0.2, 0.25) is 0 Å². The number of carbonyl (C=O) groups excluding carboxylic acids is 2. The second kappa shape index (κ2) is 7.34. The standard InChI is InChI=1S/C9H15NO3/c1-3-4-7-13-9(12)5-6-10-8(2)11/h5-6H,3-4,7H2,1-2H3,(H,10,11)/b6-5+. The van der Waals surface area contributed by atoms with Crippen molar-refractivity contribution in [2.45, 2.75) is 26.7 Å². The minimum Gasteiger partial charge on any atom is -0.462 e. The van der Waals surface area contributed by atoms with Gasteiger partial charge in [0.25, 0.3) is 0 Å². The molecule has 0 aromatic heterocycles. The van der Waals surface area contributed by atoms with Crippen molar-refractivity contribution in [2.24, 2.45) is 0 Å². The molecule has 0 saturated carbocycles. The van der Waals surface area contributed by atoms with Crippen molar-refractivity contribution in [3.8, 4) is 0 Å². The summed E-state index contributed by atoms with van der Waals surface area (Å²) in [6.07, 6.45) is 4.32. The Bertz CT molecular complexity index is 199. The average molecular weight is 185 g/mol. The summed E-state index contributed by atoms with van der Waals surface area (Å²) in [5.41, 5.74) is 0. The summed E-state index contributed by atoms with van der Waals surface area (Å²) in [6, 6.07) is 0. The number of nitrogens with one attached hydrogen (secondary N) is 1. The van der Waals surface area contributed by atoms with Gasteiger partial charge in [-0.1, -0.05) is 13.3 Å². The molecule has 0 saturated heterocycles. The highest BCUT2D eigenvalue weighted by Gasteiger charge is 1.94. The molecule has 0 aliphatic carbocycles. The minimum absolute atomic E-state index is 0.211. The van der Waals surface area contributed by atoms with Gasteiger partial charge >= 0.3 is 5.97 Å². The highest BCUT2D eigenvalue weighted by atomic mass is 16.5. The first kappa shape index (κ1) is 11.7. The fourth-order valence-electron chi connectivity index (χ4n) is 0.592. The summed E-state index contributed by atoms with van der Waals surface area (Å²) >= 11 is 0. The van der Waals surface area contributed by atoms with Crippen LogP contribution in [0.3, 0.4) is 0 Å². The van der Waals surface area contributed by atoms with Crippen molar-refractivity contribution in [1.29, 1.82) is 0 Å². The van der Waals surface area contributed by atoms with Crippen LogP contribution in [0.15, 0.2) is 12.3 Å². The van der Waals surface area contributed by atoms with Gasteiger partial charge in [0.1, 0.15) is 0 Å². The van der Waals surface area contributed by atoms with Crippen LogP contribution in [0.5, 0.6) is 0 Å². The van der Waals surface area contributed by atoms with E-state index in [1.165, 1.54) is 19.2 Å². The van der Waals surface area contributed by atoms with E-state index in [1.54, 1.807) is 0 Å². The van der Waals surface area contributed by atoms with Gasteiger partial charge in [-0.2, -0.15) is 0 Å². The summed E-state index contributed by atoms with van der Waals surface area (Å²) in [5, 5.41) is 2.35. The third kappa shape index (κ3) is 8.59. The Morgan fingerprint density at radius 1 is 1.46 bits per heavy atom. The van der Waals surface area contributed by atoms with Crippen LogP contribution < -0.4 is 5.32 Å². The van der Waals surface area contributed by atoms with E-state index in [9.17, 15) is 9.59 Å². The normalized spacial score (nSPS) is 10.0. The molecule has 0 unspecified atom stereocenters. The predicted octanol–water partition coefficient (Wildman–Crippen LogP) is 0.980. The van der Waals surface area contributed by atoms with E-state index < -0.39 is 5.97 Å². The molecule has 0 fully saturated rings. The molecule has 13 heavy (non-hydrogen) atoms. The Morgan fingerprint density at radius 2 is 2.15 bits per heavy atom. The number of unbranched alkanes of at least 4 members (excludes halogenated alkanes) is 1. The summed E-state index contributed by atoms with van der Waals surface area (Å²) < 4.78 is 4.79. The molecule has 0 aliphatic heterocycles. The molecule has 0 aromatic rings. The molecule has 4 nitrogen and oxygen atoms in total. The van der Waals surface area contributed by atoms with Crippen molar-refractivity contribution in [2.75, 3.05) is 6.61 Å². The van der Waals surface area contributed by atoms with Crippen molar-refractivity contribution in [3.63, 3.8) is 0 Å². The Labute approximate surface area is 78.0 Å². The van der Waals surface area contributed by atoms with Crippen LogP contribution in [-0.4, -0.2) is 18.5 Å². The Kier molecular flexibility index (Phi) is 6.59. The summed E-state index contributed by atoms with van der Waals surface area (Å²) in [6.45, 7) is 3.81. The van der Waals surface area contributed by atoms with Gasteiger partial charge in [0, 0.05) is 19.2 Å². The summed E-state index contributed by atoms with van der Waals surface area (Å²) in [5.74, 6) is -0.639. The first-order valence-corrected chi connectivity index (χ1v) is 4.27. The van der Waals surface area contributed by atoms with Gasteiger partial charge in [0.2, 0.25) is 5.91 Å². The average Bonchev–Trinajstić information content (AvgIpc) is 2.04. The zero-order valence-electron chi connectivity index (χ0n) is 8.00. The van der Waals surface area contributed by atoms with Crippen LogP contribution >= 0.6 is 0 Å². The quantitative estimate of drug-likeness (QED) is 0.394. The molecule has 0 radical (unpaired) electrons. The summed E-state index contributed by atoms with van der Waals surface area (Å²) in [4.78, 5) is 21.2. The van der Waals surface area contributed by atoms with E-state index in [2.05, 4.69) is 5.32 Å². The zero-order chi connectivity index (χ0) is 10.1. The lowest BCUT2D eigenvalue weighted by Crippen LogP contribution is -2.13. The minimum atomic E-state index is -0.429. The van der Waals surface area contributed by atoms with Crippen molar-refractivity contribution in [1.82, 2.24) is 5.32 Å². The molecule has 0 aliphatic rings.